The summed E-state index contributed by atoms with van der Waals surface area (Å²) in [4.78, 5) is 14.8. The highest BCUT2D eigenvalue weighted by molar-refractivity contribution is 6.42. The SMILES string of the molecule is CCOC(=O)CC(Cc1ccccc1)CN(C)[C@@H]1CC[C@@H](c2ccc(Cl)c(Cl)c2)c2ccccc21. The lowest BCUT2D eigenvalue weighted by molar-refractivity contribution is -0.144. The molecule has 3 aromatic rings. The highest BCUT2D eigenvalue weighted by atomic mass is 35.5. The molecule has 4 rings (SSSR count). The second-order valence-corrected chi connectivity index (χ2v) is 10.3. The fourth-order valence-corrected chi connectivity index (χ4v) is 5.75. The molecule has 0 saturated heterocycles. The monoisotopic (exact) mass is 509 g/mol. The minimum atomic E-state index is -0.120. The molecule has 0 saturated carbocycles. The van der Waals surface area contributed by atoms with Gasteiger partial charge in [0.25, 0.3) is 0 Å². The Hall–Kier alpha value is -2.33. The number of hydrogen-bond donors (Lipinski definition) is 0. The standard InChI is InChI=1S/C30H33Cl2NO2/c1-3-35-30(34)18-22(17-21-9-5-4-6-10-21)20-33(2)29-16-14-24(25-11-7-8-12-26(25)29)23-13-15-27(31)28(32)19-23/h4-13,15,19,22,24,29H,3,14,16-18,20H2,1-2H3/t22?,24-,29+/m0/s1. The summed E-state index contributed by atoms with van der Waals surface area (Å²) in [6.45, 7) is 3.10. The van der Waals surface area contributed by atoms with E-state index in [1.54, 1.807) is 0 Å². The van der Waals surface area contributed by atoms with Gasteiger partial charge in [-0.15, -0.1) is 0 Å². The van der Waals surface area contributed by atoms with Crippen LogP contribution in [0, 0.1) is 5.92 Å². The number of benzene rings is 3. The van der Waals surface area contributed by atoms with Crippen LogP contribution in [0.25, 0.3) is 0 Å². The first-order valence-electron chi connectivity index (χ1n) is 12.4. The fourth-order valence-electron chi connectivity index (χ4n) is 5.44. The molecule has 0 radical (unpaired) electrons. The maximum Gasteiger partial charge on any atom is 0.306 e. The second kappa shape index (κ2) is 12.1. The number of nitrogens with zero attached hydrogens (tertiary/aromatic N) is 1. The molecule has 1 aliphatic carbocycles. The van der Waals surface area contributed by atoms with Gasteiger partial charge in [-0.25, -0.2) is 0 Å². The van der Waals surface area contributed by atoms with Crippen LogP contribution in [0.2, 0.25) is 10.0 Å². The number of carbonyl (C=O) groups excluding carboxylic acids is 1. The van der Waals surface area contributed by atoms with Gasteiger partial charge in [0, 0.05) is 24.9 Å². The molecule has 0 amide bonds. The van der Waals surface area contributed by atoms with Gasteiger partial charge in [0.2, 0.25) is 0 Å². The maximum absolute atomic E-state index is 12.4. The van der Waals surface area contributed by atoms with E-state index >= 15 is 0 Å². The Morgan fingerprint density at radius 2 is 1.69 bits per heavy atom. The number of hydrogen-bond acceptors (Lipinski definition) is 3. The molecule has 0 fully saturated rings. The van der Waals surface area contributed by atoms with E-state index in [0.717, 1.165) is 25.8 Å². The molecule has 0 heterocycles. The van der Waals surface area contributed by atoms with Gasteiger partial charge in [0.05, 0.1) is 16.7 Å². The predicted octanol–water partition coefficient (Wildman–Crippen LogP) is 7.70. The van der Waals surface area contributed by atoms with Crippen molar-refractivity contribution in [3.8, 4) is 0 Å². The second-order valence-electron chi connectivity index (χ2n) is 9.45. The average molecular weight is 511 g/mol. The molecule has 184 valence electrons. The largest absolute Gasteiger partial charge is 0.466 e. The molecule has 0 aliphatic heterocycles. The van der Waals surface area contributed by atoms with Crippen LogP contribution in [0.15, 0.2) is 72.8 Å². The summed E-state index contributed by atoms with van der Waals surface area (Å²) >= 11 is 12.5. The molecule has 5 heteroatoms. The van der Waals surface area contributed by atoms with E-state index < -0.39 is 0 Å². The van der Waals surface area contributed by atoms with Crippen LogP contribution in [0.4, 0.5) is 0 Å². The molecule has 3 nitrogen and oxygen atoms in total. The van der Waals surface area contributed by atoms with Crippen LogP contribution >= 0.6 is 23.2 Å². The van der Waals surface area contributed by atoms with Crippen LogP contribution in [0.5, 0.6) is 0 Å². The smallest absolute Gasteiger partial charge is 0.306 e. The molecular formula is C30H33Cl2NO2. The summed E-state index contributed by atoms with van der Waals surface area (Å²) in [6, 6.07) is 25.4. The van der Waals surface area contributed by atoms with E-state index in [4.69, 9.17) is 27.9 Å². The van der Waals surface area contributed by atoms with Crippen molar-refractivity contribution < 1.29 is 9.53 Å². The molecule has 1 unspecified atom stereocenters. The van der Waals surface area contributed by atoms with Crippen LogP contribution in [0.3, 0.4) is 0 Å². The summed E-state index contributed by atoms with van der Waals surface area (Å²) in [5.74, 6) is 0.359. The molecule has 0 aromatic heterocycles. The van der Waals surface area contributed by atoms with Gasteiger partial charge in [-0.3, -0.25) is 9.69 Å². The lowest BCUT2D eigenvalue weighted by Gasteiger charge is -2.38. The Bertz CT molecular complexity index is 1130. The number of carbonyl (C=O) groups is 1. The van der Waals surface area contributed by atoms with Crippen molar-refractivity contribution in [2.75, 3.05) is 20.2 Å². The number of rotatable bonds is 9. The zero-order chi connectivity index (χ0) is 24.8. The third-order valence-corrected chi connectivity index (χ3v) is 7.75. The number of ether oxygens (including phenoxy) is 1. The van der Waals surface area contributed by atoms with Gasteiger partial charge < -0.3 is 4.74 Å². The fraction of sp³-hybridized carbons (Fsp3) is 0.367. The van der Waals surface area contributed by atoms with E-state index in [1.165, 1.54) is 22.3 Å². The Labute approximate surface area is 219 Å². The molecule has 0 bridgehead atoms. The Balaban J connectivity index is 1.55. The molecular weight excluding hydrogens is 477 g/mol. The van der Waals surface area contributed by atoms with Crippen molar-refractivity contribution >= 4 is 29.2 Å². The van der Waals surface area contributed by atoms with Crippen LogP contribution in [-0.2, 0) is 16.0 Å². The van der Waals surface area contributed by atoms with E-state index in [9.17, 15) is 4.79 Å². The van der Waals surface area contributed by atoms with Crippen molar-refractivity contribution in [1.82, 2.24) is 4.90 Å². The first-order chi connectivity index (χ1) is 17.0. The van der Waals surface area contributed by atoms with Gasteiger partial charge in [-0.05, 0) is 73.5 Å². The van der Waals surface area contributed by atoms with E-state index in [2.05, 4.69) is 66.5 Å². The first kappa shape index (κ1) is 25.8. The molecule has 3 atom stereocenters. The van der Waals surface area contributed by atoms with Crippen molar-refractivity contribution in [2.45, 2.75) is 44.6 Å². The lowest BCUT2D eigenvalue weighted by atomic mass is 9.76. The summed E-state index contributed by atoms with van der Waals surface area (Å²) in [5.41, 5.74) is 5.15. The van der Waals surface area contributed by atoms with Crippen molar-refractivity contribution in [1.29, 1.82) is 0 Å². The highest BCUT2D eigenvalue weighted by Crippen LogP contribution is 2.44. The lowest BCUT2D eigenvalue weighted by Crippen LogP contribution is -2.34. The number of halogens is 2. The quantitative estimate of drug-likeness (QED) is 0.276. The topological polar surface area (TPSA) is 29.5 Å². The summed E-state index contributed by atoms with van der Waals surface area (Å²) in [5, 5.41) is 1.19. The van der Waals surface area contributed by atoms with Crippen molar-refractivity contribution in [2.24, 2.45) is 5.92 Å². The predicted molar refractivity (Wildman–Crippen MR) is 144 cm³/mol. The van der Waals surface area contributed by atoms with Gasteiger partial charge in [0.15, 0.2) is 0 Å². The maximum atomic E-state index is 12.4. The van der Waals surface area contributed by atoms with Crippen molar-refractivity contribution in [3.05, 3.63) is 105 Å². The minimum absolute atomic E-state index is 0.120. The number of fused-ring (bicyclic) bond motifs is 1. The first-order valence-corrected chi connectivity index (χ1v) is 13.2. The Morgan fingerprint density at radius 1 is 0.971 bits per heavy atom. The Morgan fingerprint density at radius 3 is 2.40 bits per heavy atom. The molecule has 0 spiro atoms. The molecule has 35 heavy (non-hydrogen) atoms. The summed E-state index contributed by atoms with van der Waals surface area (Å²) < 4.78 is 5.30. The minimum Gasteiger partial charge on any atom is -0.466 e. The van der Waals surface area contributed by atoms with Gasteiger partial charge in [-0.1, -0.05) is 83.9 Å². The van der Waals surface area contributed by atoms with E-state index in [0.29, 0.717) is 35.0 Å². The zero-order valence-electron chi connectivity index (χ0n) is 20.4. The highest BCUT2D eigenvalue weighted by Gasteiger charge is 2.31. The van der Waals surface area contributed by atoms with Crippen LogP contribution in [-0.4, -0.2) is 31.1 Å². The van der Waals surface area contributed by atoms with Gasteiger partial charge in [-0.2, -0.15) is 0 Å². The van der Waals surface area contributed by atoms with Crippen LogP contribution < -0.4 is 0 Å². The molecule has 3 aromatic carbocycles. The Kier molecular flexibility index (Phi) is 8.89. The normalized spacial score (nSPS) is 18.2. The van der Waals surface area contributed by atoms with E-state index in [-0.39, 0.29) is 11.9 Å². The van der Waals surface area contributed by atoms with E-state index in [1.807, 2.05) is 25.1 Å². The summed E-state index contributed by atoms with van der Waals surface area (Å²) in [6.07, 6.45) is 3.35. The third-order valence-electron chi connectivity index (χ3n) is 7.01. The van der Waals surface area contributed by atoms with Crippen molar-refractivity contribution in [3.63, 3.8) is 0 Å². The zero-order valence-corrected chi connectivity index (χ0v) is 21.9. The molecule has 0 N–H and O–H groups in total. The summed E-state index contributed by atoms with van der Waals surface area (Å²) in [7, 11) is 2.18. The number of esters is 1. The average Bonchev–Trinajstić information content (AvgIpc) is 2.85. The van der Waals surface area contributed by atoms with Gasteiger partial charge >= 0.3 is 5.97 Å². The third kappa shape index (κ3) is 6.46. The van der Waals surface area contributed by atoms with Gasteiger partial charge in [0.1, 0.15) is 0 Å². The molecule has 1 aliphatic rings. The van der Waals surface area contributed by atoms with Crippen LogP contribution in [0.1, 0.15) is 60.4 Å².